The maximum atomic E-state index is 13.3. The first kappa shape index (κ1) is 21.9. The molecule has 2 N–H and O–H groups in total. The second-order valence-electron chi connectivity index (χ2n) is 8.69. The molecule has 5 rings (SSSR count). The molecule has 168 valence electrons. The summed E-state index contributed by atoms with van der Waals surface area (Å²) < 4.78 is 0.598. The van der Waals surface area contributed by atoms with Gasteiger partial charge in [0.25, 0.3) is 23.6 Å². The lowest BCUT2D eigenvalue weighted by atomic mass is 9.56. The molecule has 4 aliphatic rings. The second kappa shape index (κ2) is 6.79. The molecule has 4 amide bonds. The van der Waals surface area contributed by atoms with Crippen LogP contribution in [0.4, 0.5) is 0 Å². The molecular weight excluding hydrogens is 527 g/mol. The monoisotopic (exact) mass is 542 g/mol. The molecule has 1 aromatic carbocycles. The fraction of sp³-hybridized carbons (Fsp3) is 0.429. The Morgan fingerprint density at radius 2 is 1.78 bits per heavy atom. The topological polar surface area (TPSA) is 115 Å². The Balaban J connectivity index is 1.78. The van der Waals surface area contributed by atoms with Gasteiger partial charge in [0, 0.05) is 23.0 Å². The summed E-state index contributed by atoms with van der Waals surface area (Å²) in [4.78, 5) is 48.7. The Labute approximate surface area is 200 Å². The molecule has 2 aliphatic carbocycles. The third-order valence-corrected chi connectivity index (χ3v) is 9.20. The van der Waals surface area contributed by atoms with E-state index in [9.17, 15) is 29.5 Å². The van der Waals surface area contributed by atoms with Crippen LogP contribution in [0.2, 0.25) is 0 Å². The van der Waals surface area contributed by atoms with Crippen LogP contribution in [0.1, 0.15) is 24.3 Å². The van der Waals surface area contributed by atoms with E-state index in [1.165, 1.54) is 13.1 Å². The van der Waals surface area contributed by atoms with E-state index in [-0.39, 0.29) is 29.2 Å². The first-order valence-electron chi connectivity index (χ1n) is 9.90. The van der Waals surface area contributed by atoms with Gasteiger partial charge in [-0.2, -0.15) is 5.06 Å². The summed E-state index contributed by atoms with van der Waals surface area (Å²) >= 11 is 17.3. The molecule has 11 heteroatoms. The molecule has 32 heavy (non-hydrogen) atoms. The molecule has 3 fully saturated rings. The molecule has 2 aliphatic heterocycles. The molecule has 1 aromatic rings. The number of benzene rings is 1. The number of hydrogen-bond donors (Lipinski definition) is 2. The number of allylic oxidation sites excluding steroid dienone is 2. The van der Waals surface area contributed by atoms with Crippen LogP contribution in [0.25, 0.3) is 0 Å². The number of likely N-dealkylation sites (tertiary alicyclic amines) is 1. The number of aromatic hydroxyl groups is 1. The van der Waals surface area contributed by atoms with Gasteiger partial charge in [-0.05, 0) is 37.0 Å². The minimum atomic E-state index is -1.96. The average molecular weight is 544 g/mol. The highest BCUT2D eigenvalue weighted by Crippen LogP contribution is 2.65. The first-order chi connectivity index (χ1) is 14.9. The van der Waals surface area contributed by atoms with Gasteiger partial charge in [0.05, 0.1) is 11.8 Å². The summed E-state index contributed by atoms with van der Waals surface area (Å²) in [6.45, 7) is 0. The third kappa shape index (κ3) is 2.42. The van der Waals surface area contributed by atoms with E-state index >= 15 is 0 Å². The van der Waals surface area contributed by atoms with E-state index in [1.807, 2.05) is 0 Å². The number of phenolic OH excluding ortho intramolecular Hbond substituents is 1. The number of carbonyl (C=O) groups is 4. The van der Waals surface area contributed by atoms with Gasteiger partial charge in [-0.3, -0.25) is 29.3 Å². The van der Waals surface area contributed by atoms with Crippen molar-refractivity contribution in [3.8, 4) is 5.75 Å². The van der Waals surface area contributed by atoms with Gasteiger partial charge in [0.15, 0.2) is 9.75 Å². The van der Waals surface area contributed by atoms with Gasteiger partial charge in [-0.25, -0.2) is 0 Å². The van der Waals surface area contributed by atoms with Gasteiger partial charge < -0.3 is 5.11 Å². The van der Waals surface area contributed by atoms with Gasteiger partial charge in [-0.1, -0.05) is 27.6 Å². The molecule has 2 heterocycles. The van der Waals surface area contributed by atoms with Crippen molar-refractivity contribution in [2.24, 2.45) is 17.8 Å². The Hall–Kier alpha value is -1.94. The van der Waals surface area contributed by atoms with Gasteiger partial charge in [0.2, 0.25) is 0 Å². The zero-order chi connectivity index (χ0) is 23.3. The van der Waals surface area contributed by atoms with E-state index in [1.54, 1.807) is 18.2 Å². The number of alkyl halides is 2. The smallest absolute Gasteiger partial charge is 0.257 e. The lowest BCUT2D eigenvalue weighted by Gasteiger charge is -2.50. The minimum absolute atomic E-state index is 0.120. The third-order valence-electron chi connectivity index (χ3n) is 7.29. The number of phenols is 1. The Morgan fingerprint density at radius 1 is 1.09 bits per heavy atom. The van der Waals surface area contributed by atoms with Crippen molar-refractivity contribution in [3.63, 3.8) is 0 Å². The number of rotatable bonds is 1. The second-order valence-corrected chi connectivity index (χ2v) is 10.8. The highest BCUT2D eigenvalue weighted by Gasteiger charge is 2.76. The van der Waals surface area contributed by atoms with Crippen LogP contribution in [0, 0.1) is 17.8 Å². The minimum Gasteiger partial charge on any atom is -0.508 e. The molecule has 8 nitrogen and oxygen atoms in total. The molecule has 1 saturated carbocycles. The van der Waals surface area contributed by atoms with Crippen molar-refractivity contribution in [2.45, 2.75) is 28.5 Å². The number of hydroxylamine groups is 2. The lowest BCUT2D eigenvalue weighted by molar-refractivity contribution is -0.173. The van der Waals surface area contributed by atoms with E-state index in [4.69, 9.17) is 23.2 Å². The molecule has 2 saturated heterocycles. The number of carbonyl (C=O) groups excluding carboxylic acids is 4. The first-order valence-corrected chi connectivity index (χ1v) is 11.5. The summed E-state index contributed by atoms with van der Waals surface area (Å²) in [5, 5.41) is 20.8. The van der Waals surface area contributed by atoms with E-state index in [2.05, 4.69) is 15.9 Å². The maximum Gasteiger partial charge on any atom is 0.257 e. The van der Waals surface area contributed by atoms with Crippen molar-refractivity contribution in [1.82, 2.24) is 9.96 Å². The molecule has 0 radical (unpaired) electrons. The average Bonchev–Trinajstić information content (AvgIpc) is 3.05. The zero-order valence-corrected chi connectivity index (χ0v) is 19.7. The number of fused-ring (bicyclic) bond motifs is 4. The van der Waals surface area contributed by atoms with Crippen LogP contribution in [0.15, 0.2) is 34.3 Å². The number of amides is 4. The number of imide groups is 2. The molecule has 6 atom stereocenters. The Bertz CT molecular complexity index is 1160. The van der Waals surface area contributed by atoms with Gasteiger partial charge in [0.1, 0.15) is 5.75 Å². The predicted octanol–water partition coefficient (Wildman–Crippen LogP) is 2.53. The molecule has 0 aromatic heterocycles. The summed E-state index contributed by atoms with van der Waals surface area (Å²) in [5.74, 6) is -6.60. The molecule has 0 spiro atoms. The lowest BCUT2D eigenvalue weighted by Crippen LogP contribution is -2.60. The number of halogens is 3. The summed E-state index contributed by atoms with van der Waals surface area (Å²) in [6, 6.07) is 4.62. The largest absolute Gasteiger partial charge is 0.508 e. The fourth-order valence-electron chi connectivity index (χ4n) is 5.83. The highest BCUT2D eigenvalue weighted by molar-refractivity contribution is 9.10. The maximum absolute atomic E-state index is 13.3. The summed E-state index contributed by atoms with van der Waals surface area (Å²) in [6.07, 6.45) is 1.69. The van der Waals surface area contributed by atoms with Crippen LogP contribution < -0.4 is 0 Å². The highest BCUT2D eigenvalue weighted by atomic mass is 79.9. The number of nitrogens with zero attached hydrogens (tertiary/aromatic N) is 2. The van der Waals surface area contributed by atoms with Crippen LogP contribution in [-0.2, 0) is 19.2 Å². The molecule has 0 bridgehead atoms. The Morgan fingerprint density at radius 3 is 2.47 bits per heavy atom. The van der Waals surface area contributed by atoms with E-state index in [0.717, 1.165) is 4.90 Å². The van der Waals surface area contributed by atoms with E-state index in [0.29, 0.717) is 10.0 Å². The summed E-state index contributed by atoms with van der Waals surface area (Å²) in [5.41, 5.74) is 0.807. The molecular formula is C21H17BrCl2N2O6. The van der Waals surface area contributed by atoms with Crippen molar-refractivity contribution in [2.75, 3.05) is 7.05 Å². The van der Waals surface area contributed by atoms with Crippen molar-refractivity contribution in [1.29, 1.82) is 0 Å². The Kier molecular flexibility index (Phi) is 4.64. The standard InChI is InChI=1S/C21H17BrCl2N2O6/c1-25-18(30)20(23)7-12-9(3-4-10-14(12)17(29)26(32)16(10)28)15(21(20,24)19(25)31)11-6-8(22)2-5-13(11)27/h2-3,5-6,10,12,14-15,27,32H,4,7H2,1H3/t10-,12+,14-,15+,20+,21-/m0/s1. The van der Waals surface area contributed by atoms with Crippen molar-refractivity contribution in [3.05, 3.63) is 39.9 Å². The van der Waals surface area contributed by atoms with Crippen LogP contribution >= 0.6 is 39.1 Å². The van der Waals surface area contributed by atoms with Gasteiger partial charge >= 0.3 is 0 Å². The van der Waals surface area contributed by atoms with Crippen LogP contribution in [-0.4, -0.2) is 60.7 Å². The van der Waals surface area contributed by atoms with Crippen molar-refractivity contribution < 1.29 is 29.5 Å². The summed E-state index contributed by atoms with van der Waals surface area (Å²) in [7, 11) is 1.29. The number of hydrogen-bond acceptors (Lipinski definition) is 6. The van der Waals surface area contributed by atoms with Crippen LogP contribution in [0.3, 0.4) is 0 Å². The fourth-order valence-corrected chi connectivity index (χ4v) is 7.22. The quantitative estimate of drug-likeness (QED) is 0.243. The van der Waals surface area contributed by atoms with Crippen LogP contribution in [0.5, 0.6) is 5.75 Å². The SMILES string of the molecule is CN1C(=O)[C@]2(Cl)C[C@@H]3C(=CC[C@@H]4C(=O)N(O)C(=O)[C@@H]43)[C@H](c3cc(Br)ccc3O)[C@]2(Cl)C1=O. The van der Waals surface area contributed by atoms with Crippen molar-refractivity contribution >= 4 is 62.8 Å². The molecule has 0 unspecified atom stereocenters. The zero-order valence-electron chi connectivity index (χ0n) is 16.6. The normalized spacial score (nSPS) is 38.6. The predicted molar refractivity (Wildman–Crippen MR) is 115 cm³/mol. The van der Waals surface area contributed by atoms with E-state index < -0.39 is 57.0 Å². The van der Waals surface area contributed by atoms with Gasteiger partial charge in [-0.15, -0.1) is 23.2 Å².